The third kappa shape index (κ3) is 2.90. The van der Waals surface area contributed by atoms with Crippen LogP contribution in [0.3, 0.4) is 0 Å². The van der Waals surface area contributed by atoms with Crippen LogP contribution in [0.5, 0.6) is 0 Å². The van der Waals surface area contributed by atoms with Crippen LogP contribution in [0.25, 0.3) is 0 Å². The zero-order valence-corrected chi connectivity index (χ0v) is 12.9. The normalized spacial score (nSPS) is 22.0. The van der Waals surface area contributed by atoms with Crippen LogP contribution in [0.15, 0.2) is 40.3 Å². The second-order valence-corrected chi connectivity index (χ2v) is 5.52. The second kappa shape index (κ2) is 5.80. The van der Waals surface area contributed by atoms with Crippen molar-refractivity contribution in [2.75, 3.05) is 11.9 Å². The highest BCUT2D eigenvalue weighted by molar-refractivity contribution is 6.02. The minimum Gasteiger partial charge on any atom is -0.451 e. The number of benzene rings is 1. The lowest BCUT2D eigenvalue weighted by molar-refractivity contribution is -0.173. The van der Waals surface area contributed by atoms with E-state index in [9.17, 15) is 18.0 Å². The molecule has 1 aliphatic heterocycles. The van der Waals surface area contributed by atoms with E-state index >= 15 is 0 Å². The predicted octanol–water partition coefficient (Wildman–Crippen LogP) is 2.26. The number of rotatable bonds is 3. The molecule has 10 heteroatoms. The molecule has 1 atom stereocenters. The Morgan fingerprint density at radius 1 is 1.40 bits per heavy atom. The third-order valence-electron chi connectivity index (χ3n) is 3.84. The number of hydrogen-bond acceptors (Lipinski definition) is 6. The molecule has 3 N–H and O–H groups in total. The number of anilines is 1. The number of halogens is 3. The van der Waals surface area contributed by atoms with Crippen molar-refractivity contribution in [1.29, 1.82) is 0 Å². The van der Waals surface area contributed by atoms with Crippen LogP contribution in [0.2, 0.25) is 0 Å². The van der Waals surface area contributed by atoms with E-state index in [-0.39, 0.29) is 11.4 Å². The van der Waals surface area contributed by atoms with Crippen LogP contribution in [0.1, 0.15) is 23.0 Å². The highest BCUT2D eigenvalue weighted by Crippen LogP contribution is 2.44. The van der Waals surface area contributed by atoms with Gasteiger partial charge in [-0.1, -0.05) is 0 Å². The molecular formula is C15H13F3N4O3. The number of alkyl halides is 2. The Morgan fingerprint density at radius 3 is 2.84 bits per heavy atom. The van der Waals surface area contributed by atoms with E-state index in [0.717, 1.165) is 31.7 Å². The molecule has 0 saturated carbocycles. The van der Waals surface area contributed by atoms with Gasteiger partial charge in [-0.3, -0.25) is 4.79 Å². The van der Waals surface area contributed by atoms with Gasteiger partial charge in [-0.15, -0.1) is 0 Å². The molecule has 2 aromatic rings. The number of nitrogens with zero attached hydrogens (tertiary/aromatic N) is 2. The molecule has 0 bridgehead atoms. The molecule has 7 nitrogen and oxygen atoms in total. The van der Waals surface area contributed by atoms with Gasteiger partial charge in [0.15, 0.2) is 12.1 Å². The molecule has 0 fully saturated rings. The standard InChI is InChI=1S/C15H13F3N4O3/c1-14(15(17,18)6-20-13(19)25-14)9-4-8(2-3-10(9)16)22-12(23)11-5-24-7-21-11/h2-5,7H,6H2,1H3,(H2,19,20)(H,22,23)/t14-/m1/s1. The molecule has 0 aliphatic carbocycles. The van der Waals surface area contributed by atoms with Crippen molar-refractivity contribution >= 4 is 17.6 Å². The van der Waals surface area contributed by atoms with E-state index < -0.39 is 41.4 Å². The van der Waals surface area contributed by atoms with E-state index in [1.165, 1.54) is 6.07 Å². The Morgan fingerprint density at radius 2 is 2.16 bits per heavy atom. The zero-order chi connectivity index (χ0) is 18.2. The first-order chi connectivity index (χ1) is 11.7. The third-order valence-corrected chi connectivity index (χ3v) is 3.84. The van der Waals surface area contributed by atoms with Crippen molar-refractivity contribution in [3.63, 3.8) is 0 Å². The summed E-state index contributed by atoms with van der Waals surface area (Å²) in [5.41, 5.74) is 2.60. The number of amides is 1. The molecule has 0 radical (unpaired) electrons. The van der Waals surface area contributed by atoms with Gasteiger partial charge in [0.05, 0.1) is 0 Å². The van der Waals surface area contributed by atoms with Crippen LogP contribution in [-0.2, 0) is 10.3 Å². The maximum absolute atomic E-state index is 14.3. The van der Waals surface area contributed by atoms with E-state index in [0.29, 0.717) is 0 Å². The number of amidine groups is 1. The average molecular weight is 354 g/mol. The van der Waals surface area contributed by atoms with Crippen LogP contribution in [0, 0.1) is 5.82 Å². The van der Waals surface area contributed by atoms with Gasteiger partial charge < -0.3 is 20.2 Å². The summed E-state index contributed by atoms with van der Waals surface area (Å²) in [6, 6.07) is 2.75. The van der Waals surface area contributed by atoms with Gasteiger partial charge in [-0.2, -0.15) is 8.78 Å². The quantitative estimate of drug-likeness (QED) is 0.880. The molecule has 3 rings (SSSR count). The van der Waals surface area contributed by atoms with E-state index in [2.05, 4.69) is 19.7 Å². The average Bonchev–Trinajstić information content (AvgIpc) is 3.08. The van der Waals surface area contributed by atoms with E-state index in [1.807, 2.05) is 0 Å². The fourth-order valence-electron chi connectivity index (χ4n) is 2.38. The Hall–Kier alpha value is -3.04. The van der Waals surface area contributed by atoms with E-state index in [4.69, 9.17) is 10.5 Å². The predicted molar refractivity (Wildman–Crippen MR) is 80.7 cm³/mol. The van der Waals surface area contributed by atoms with Crippen molar-refractivity contribution < 1.29 is 27.1 Å². The van der Waals surface area contributed by atoms with Crippen molar-refractivity contribution in [1.82, 2.24) is 4.98 Å². The van der Waals surface area contributed by atoms with Crippen molar-refractivity contribution in [2.24, 2.45) is 10.7 Å². The fraction of sp³-hybridized carbons (Fsp3) is 0.267. The molecule has 1 aromatic heterocycles. The van der Waals surface area contributed by atoms with Gasteiger partial charge in [-0.05, 0) is 25.1 Å². The lowest BCUT2D eigenvalue weighted by Crippen LogP contribution is -2.53. The number of nitrogens with one attached hydrogen (secondary N) is 1. The zero-order valence-electron chi connectivity index (χ0n) is 12.9. The number of carbonyl (C=O) groups is 1. The van der Waals surface area contributed by atoms with Crippen molar-refractivity contribution in [3.05, 3.63) is 47.9 Å². The first-order valence-electron chi connectivity index (χ1n) is 7.09. The fourth-order valence-corrected chi connectivity index (χ4v) is 2.38. The summed E-state index contributed by atoms with van der Waals surface area (Å²) in [4.78, 5) is 19.0. The highest BCUT2D eigenvalue weighted by Gasteiger charge is 2.57. The maximum atomic E-state index is 14.3. The minimum absolute atomic E-state index is 0.0206. The van der Waals surface area contributed by atoms with Gasteiger partial charge in [0.25, 0.3) is 11.9 Å². The summed E-state index contributed by atoms with van der Waals surface area (Å²) in [6.45, 7) is 0.0699. The molecule has 2 heterocycles. The smallest absolute Gasteiger partial charge is 0.310 e. The lowest BCUT2D eigenvalue weighted by Gasteiger charge is -2.39. The van der Waals surface area contributed by atoms with Gasteiger partial charge >= 0.3 is 5.92 Å². The molecule has 0 spiro atoms. The number of nitrogens with two attached hydrogens (primary N) is 1. The molecule has 1 amide bonds. The van der Waals surface area contributed by atoms with Crippen LogP contribution < -0.4 is 11.1 Å². The maximum Gasteiger partial charge on any atom is 0.310 e. The molecule has 0 unspecified atom stereocenters. The van der Waals surface area contributed by atoms with Gasteiger partial charge in [0, 0.05) is 11.3 Å². The number of hydrogen-bond donors (Lipinski definition) is 2. The molecule has 1 aliphatic rings. The van der Waals surface area contributed by atoms with Crippen LogP contribution in [0.4, 0.5) is 18.9 Å². The number of oxazole rings is 1. The second-order valence-electron chi connectivity index (χ2n) is 5.52. The SMILES string of the molecule is C[C@]1(c2cc(NC(=O)c3cocn3)ccc2F)OC(N)=NCC1(F)F. The first-order valence-corrected chi connectivity index (χ1v) is 7.09. The molecule has 25 heavy (non-hydrogen) atoms. The Bertz CT molecular complexity index is 839. The van der Waals surface area contributed by atoms with Gasteiger partial charge in [0.1, 0.15) is 18.6 Å². The summed E-state index contributed by atoms with van der Waals surface area (Å²) in [5, 5.41) is 2.42. The van der Waals surface area contributed by atoms with Crippen LogP contribution in [-0.4, -0.2) is 29.4 Å². The Labute approximate surface area is 139 Å². The summed E-state index contributed by atoms with van der Waals surface area (Å²) < 4.78 is 52.6. The van der Waals surface area contributed by atoms with E-state index in [1.54, 1.807) is 0 Å². The highest BCUT2D eigenvalue weighted by atomic mass is 19.3. The number of aliphatic imine (C=N–C) groups is 1. The molecule has 1 aromatic carbocycles. The van der Waals surface area contributed by atoms with Crippen molar-refractivity contribution in [3.8, 4) is 0 Å². The molecular weight excluding hydrogens is 341 g/mol. The summed E-state index contributed by atoms with van der Waals surface area (Å²) >= 11 is 0. The molecule has 132 valence electrons. The summed E-state index contributed by atoms with van der Waals surface area (Å²) in [6.07, 6.45) is 2.17. The topological polar surface area (TPSA) is 103 Å². The summed E-state index contributed by atoms with van der Waals surface area (Å²) in [7, 11) is 0. The van der Waals surface area contributed by atoms with Gasteiger partial charge in [0.2, 0.25) is 5.60 Å². The number of ether oxygens (including phenoxy) is 1. The lowest BCUT2D eigenvalue weighted by atomic mass is 9.87. The monoisotopic (exact) mass is 354 g/mol. The van der Waals surface area contributed by atoms with Crippen molar-refractivity contribution in [2.45, 2.75) is 18.4 Å². The minimum atomic E-state index is -3.51. The van der Waals surface area contributed by atoms with Crippen LogP contribution >= 0.6 is 0 Å². The number of aromatic nitrogens is 1. The summed E-state index contributed by atoms with van der Waals surface area (Å²) in [5.74, 6) is -5.09. The van der Waals surface area contributed by atoms with Gasteiger partial charge in [-0.25, -0.2) is 14.4 Å². The largest absolute Gasteiger partial charge is 0.451 e. The Kier molecular flexibility index (Phi) is 3.90. The Balaban J connectivity index is 1.97. The molecule has 0 saturated heterocycles. The number of carbonyl (C=O) groups excluding carboxylic acids is 1. The first kappa shape index (κ1) is 16.8.